The molecule has 0 saturated carbocycles. The van der Waals surface area contributed by atoms with E-state index >= 15 is 0 Å². The molecule has 17 atom stereocenters. The Morgan fingerprint density at radius 3 is 1.28 bits per heavy atom. The third-order valence-corrected chi connectivity index (χ3v) is 21.8. The number of phenolic OH excluding ortho intramolecular Hbond substituents is 2. The van der Waals surface area contributed by atoms with Crippen molar-refractivity contribution in [3.8, 4) is 11.5 Å². The number of nitrogens with zero attached hydrogens (tertiary/aromatic N) is 1. The number of hydrogen-bond donors (Lipinski definition) is 25. The topological polar surface area (TPSA) is 733 Å². The van der Waals surface area contributed by atoms with Crippen LogP contribution in [0.5, 0.6) is 11.5 Å². The predicted molar refractivity (Wildman–Crippen MR) is 474 cm³/mol. The van der Waals surface area contributed by atoms with E-state index in [-0.39, 0.29) is 73.9 Å². The second kappa shape index (κ2) is 57.3. The van der Waals surface area contributed by atoms with Crippen LogP contribution in [0.4, 0.5) is 4.79 Å². The maximum absolute atomic E-state index is 14.7. The molecule has 26 N–H and O–H groups in total. The van der Waals surface area contributed by atoms with Crippen molar-refractivity contribution in [1.29, 1.82) is 0 Å². The fraction of sp³-hybridized carbons (Fsp3) is 0.558. The zero-order chi connectivity index (χ0) is 99.5. The molecule has 4 rings (SSSR count). The van der Waals surface area contributed by atoms with Crippen LogP contribution >= 0.6 is 11.8 Å². The Balaban J connectivity index is 1.54. The molecule has 1 saturated heterocycles. The number of carbonyl (C=O) groups excluding carboxylic acids is 17. The largest absolute Gasteiger partial charge is 0.508 e. The van der Waals surface area contributed by atoms with Gasteiger partial charge in [-0.1, -0.05) is 114 Å². The molecule has 0 bridgehead atoms. The summed E-state index contributed by atoms with van der Waals surface area (Å²) in [5.74, 6) is -23.8. The van der Waals surface area contributed by atoms with E-state index in [4.69, 9.17) is 5.73 Å². The molecular weight excluding hydrogens is 1770 g/mol. The zero-order valence-electron chi connectivity index (χ0n) is 75.1. The van der Waals surface area contributed by atoms with Crippen molar-refractivity contribution in [3.63, 3.8) is 0 Å². The molecule has 3 aromatic carbocycles. The summed E-state index contributed by atoms with van der Waals surface area (Å²) in [5.41, 5.74) is 6.49. The highest BCUT2D eigenvalue weighted by molar-refractivity contribution is 8.14. The van der Waals surface area contributed by atoms with Gasteiger partial charge in [-0.3, -0.25) is 101 Å². The first-order chi connectivity index (χ1) is 62.8. The fourth-order valence-electron chi connectivity index (χ4n) is 13.3. The second-order valence-electron chi connectivity index (χ2n) is 32.8. The van der Waals surface area contributed by atoms with Crippen molar-refractivity contribution in [2.24, 2.45) is 23.5 Å². The number of carbonyl (C=O) groups is 20. The standard InChI is InChI=1S/C86H125N17O29S/c1-9-46(5)71(83(129)96-58(37-52-21-25-54(109)26-22-52)77(123)92-56(27-18-44(2)3)75(121)94-60(38-69(116)117)76(122)90-47(6)15-13-14-30-87)101-82(128)63(42-105)98-78(124)57(36-51-19-23-53(108)24-20-51)93-79(125)61(39-70(118)119)95-81(127)62(41-104)99-85(131)73(49(8)107)102-80(126)59(35-50-16-11-10-12-17-50)97-84(130)72(48(7)106)100-66(112)40-89-74(120)55(28-29-68(114)115)91-65(111)34-45(4)33-64(110)88-31-32-103-67(113)43-133-86(103)132/h10-12,16-17,19-26,44-49,55-63,71-73,104-109H,9,13-15,18,27-43,87H2,1-8H3,(H,88,110)(H,89,120)(H,90,122)(H,91,111)(H,92,123)(H,93,125)(H,94,121)(H,95,127)(H,96,129)(H,97,130)(H,98,124)(H,99,131)(H,100,112)(H,101,128)(H,102,126)(H,114,115)(H,116,117)(H,118,119)/t45?,46-,47+,48+,49+,55-,56-,57-,58-,59-,60-,61-,62-,63-,71-,72-,73-/m0/s1. The molecule has 46 nitrogen and oxygen atoms in total. The van der Waals surface area contributed by atoms with Gasteiger partial charge in [0.2, 0.25) is 94.5 Å². The summed E-state index contributed by atoms with van der Waals surface area (Å²) >= 11 is 0.817. The molecule has 1 unspecified atom stereocenters. The highest BCUT2D eigenvalue weighted by Gasteiger charge is 2.41. The summed E-state index contributed by atoms with van der Waals surface area (Å²) in [5, 5.41) is 128. The van der Waals surface area contributed by atoms with Crippen LogP contribution in [-0.2, 0) is 110 Å². The first-order valence-electron chi connectivity index (χ1n) is 43.2. The minimum absolute atomic E-state index is 0.0259. The molecule has 0 radical (unpaired) electrons. The van der Waals surface area contributed by atoms with Gasteiger partial charge in [-0.05, 0) is 118 Å². The molecule has 17 amide bonds. The highest BCUT2D eigenvalue weighted by Crippen LogP contribution is 2.21. The van der Waals surface area contributed by atoms with Crippen LogP contribution < -0.4 is 85.5 Å². The zero-order valence-corrected chi connectivity index (χ0v) is 75.9. The SMILES string of the molecule is CC[C@H](C)[C@H](NC(=O)[C@H](CO)NC(=O)[C@H](Cc1ccc(O)cc1)NC(=O)[C@H](CC(=O)O)NC(=O)[C@H](CO)NC(=O)[C@@H](NC(=O)[C@H](Cc1ccccc1)NC(=O)[C@@H](NC(=O)CNC(=O)[C@H](CCC(=O)O)NC(=O)CC(C)CC(=O)NCCN1C(=O)CSC1=O)[C@@H](C)O)[C@@H](C)O)C(=O)N[C@@H](Cc1ccc(O)cc1)C(=O)N[C@@H](CCC(C)C)C(=O)N[C@@H](CC(=O)O)C(=O)N[C@H](C)CCCCN. The van der Waals surface area contributed by atoms with Crippen molar-refractivity contribution in [2.45, 2.75) is 242 Å². The summed E-state index contributed by atoms with van der Waals surface area (Å²) in [6, 6.07) is -4.36. The molecule has 47 heteroatoms. The Morgan fingerprint density at radius 2 is 0.812 bits per heavy atom. The van der Waals surface area contributed by atoms with Gasteiger partial charge in [0.05, 0.1) is 50.6 Å². The number of aliphatic carboxylic acids is 3. The molecular formula is C86H125N17O29S. The van der Waals surface area contributed by atoms with Crippen LogP contribution in [0.2, 0.25) is 0 Å². The number of carboxylic acids is 3. The van der Waals surface area contributed by atoms with Gasteiger partial charge in [0.1, 0.15) is 84.0 Å². The lowest BCUT2D eigenvalue weighted by molar-refractivity contribution is -0.142. The number of hydrogen-bond acceptors (Lipinski definition) is 28. The number of rotatable bonds is 60. The molecule has 0 aromatic heterocycles. The Morgan fingerprint density at radius 1 is 0.406 bits per heavy atom. The number of nitrogens with one attached hydrogen (secondary N) is 15. The Hall–Kier alpha value is -13.0. The van der Waals surface area contributed by atoms with Crippen molar-refractivity contribution in [1.82, 2.24) is 84.7 Å². The summed E-state index contributed by atoms with van der Waals surface area (Å²) < 4.78 is 0. The number of thioether (sulfide) groups is 1. The third-order valence-electron chi connectivity index (χ3n) is 21.0. The quantitative estimate of drug-likeness (QED) is 0.0235. The Labute approximate surface area is 770 Å². The fourth-order valence-corrected chi connectivity index (χ4v) is 14.1. The molecule has 3 aromatic rings. The van der Waals surface area contributed by atoms with Gasteiger partial charge in [-0.25, -0.2) is 0 Å². The number of nitrogens with two attached hydrogens (primary N) is 1. The summed E-state index contributed by atoms with van der Waals surface area (Å²) in [4.78, 5) is 271. The molecule has 1 fully saturated rings. The number of aliphatic hydroxyl groups is 4. The maximum Gasteiger partial charge on any atom is 0.305 e. The molecule has 133 heavy (non-hydrogen) atoms. The highest BCUT2D eigenvalue weighted by atomic mass is 32.2. The number of aromatic hydroxyl groups is 2. The van der Waals surface area contributed by atoms with Crippen molar-refractivity contribution < 1.29 is 142 Å². The number of imide groups is 1. The molecule has 734 valence electrons. The van der Waals surface area contributed by atoms with Gasteiger partial charge in [0.15, 0.2) is 0 Å². The monoisotopic (exact) mass is 1890 g/mol. The molecule has 1 aliphatic rings. The lowest BCUT2D eigenvalue weighted by atomic mass is 9.96. The average molecular weight is 1890 g/mol. The number of unbranched alkanes of at least 4 members (excludes halogenated alkanes) is 1. The van der Waals surface area contributed by atoms with Crippen LogP contribution in [0.15, 0.2) is 78.9 Å². The van der Waals surface area contributed by atoms with E-state index in [0.29, 0.717) is 43.4 Å². The second-order valence-corrected chi connectivity index (χ2v) is 33.7. The predicted octanol–water partition coefficient (Wildman–Crippen LogP) is -5.04. The molecule has 1 aliphatic heterocycles. The number of carboxylic acid groups (broad SMARTS) is 3. The molecule has 0 aliphatic carbocycles. The Bertz CT molecular complexity index is 4480. The maximum atomic E-state index is 14.7. The van der Waals surface area contributed by atoms with E-state index in [2.05, 4.69) is 79.8 Å². The average Bonchev–Trinajstić information content (AvgIpc) is 1.33. The third kappa shape index (κ3) is 40.7. The summed E-state index contributed by atoms with van der Waals surface area (Å²) in [6.07, 6.45) is -6.69. The van der Waals surface area contributed by atoms with Crippen molar-refractivity contribution >= 4 is 129 Å². The lowest BCUT2D eigenvalue weighted by Gasteiger charge is -2.30. The van der Waals surface area contributed by atoms with Crippen molar-refractivity contribution in [3.05, 3.63) is 95.6 Å². The van der Waals surface area contributed by atoms with Crippen molar-refractivity contribution in [2.75, 3.05) is 45.1 Å². The minimum atomic E-state index is -2.23. The van der Waals surface area contributed by atoms with E-state index in [0.717, 1.165) is 30.5 Å². The lowest BCUT2D eigenvalue weighted by Crippen LogP contribution is -2.63. The van der Waals surface area contributed by atoms with Gasteiger partial charge >= 0.3 is 17.9 Å². The Kier molecular flexibility index (Phi) is 48.4. The minimum Gasteiger partial charge on any atom is -0.508 e. The van der Waals surface area contributed by atoms with Gasteiger partial charge in [0, 0.05) is 57.7 Å². The van der Waals surface area contributed by atoms with Crippen LogP contribution in [0, 0.1) is 17.8 Å². The van der Waals surface area contributed by atoms with Crippen LogP contribution in [-0.4, -0.2) is 304 Å². The number of phenols is 2. The summed E-state index contributed by atoms with van der Waals surface area (Å²) in [7, 11) is 0. The van der Waals surface area contributed by atoms with Gasteiger partial charge in [0.25, 0.3) is 5.24 Å². The number of amides is 17. The molecule has 1 heterocycles. The normalized spacial score (nSPS) is 15.6. The van der Waals surface area contributed by atoms with E-state index in [1.165, 1.54) is 74.5 Å². The van der Waals surface area contributed by atoms with E-state index in [1.807, 2.05) is 13.8 Å². The van der Waals surface area contributed by atoms with Gasteiger partial charge < -0.3 is 131 Å². The van der Waals surface area contributed by atoms with Gasteiger partial charge in [-0.2, -0.15) is 0 Å². The first-order valence-corrected chi connectivity index (χ1v) is 44.2. The smallest absolute Gasteiger partial charge is 0.305 e. The van der Waals surface area contributed by atoms with Crippen LogP contribution in [0.3, 0.4) is 0 Å². The van der Waals surface area contributed by atoms with Gasteiger partial charge in [-0.15, -0.1) is 0 Å². The molecule has 0 spiro atoms. The van der Waals surface area contributed by atoms with Crippen LogP contribution in [0.1, 0.15) is 149 Å². The van der Waals surface area contributed by atoms with E-state index in [9.17, 15) is 142 Å². The summed E-state index contributed by atoms with van der Waals surface area (Å²) in [6.45, 7) is 8.78. The van der Waals surface area contributed by atoms with E-state index < -0.39 is 279 Å². The number of benzene rings is 3. The number of aliphatic hydroxyl groups excluding tert-OH is 4. The van der Waals surface area contributed by atoms with Crippen LogP contribution in [0.25, 0.3) is 0 Å². The van der Waals surface area contributed by atoms with E-state index in [1.54, 1.807) is 32.0 Å². The first kappa shape index (κ1) is 112.